The van der Waals surface area contributed by atoms with Crippen LogP contribution in [0.5, 0.6) is 0 Å². The Morgan fingerprint density at radius 1 is 0.905 bits per heavy atom. The molecule has 0 aromatic carbocycles. The highest BCUT2D eigenvalue weighted by molar-refractivity contribution is 5.54. The third-order valence-corrected chi connectivity index (χ3v) is 4.17. The maximum Gasteiger partial charge on any atom is 0.0828 e. The fourth-order valence-corrected chi connectivity index (χ4v) is 3.08. The van der Waals surface area contributed by atoms with E-state index < -0.39 is 0 Å². The Balaban J connectivity index is 2.34. The lowest BCUT2D eigenvalue weighted by Gasteiger charge is -2.17. The third-order valence-electron chi connectivity index (χ3n) is 4.17. The molecule has 1 N–H and O–H groups in total. The van der Waals surface area contributed by atoms with E-state index in [0.717, 1.165) is 17.1 Å². The van der Waals surface area contributed by atoms with Crippen molar-refractivity contribution in [1.82, 2.24) is 19.6 Å². The molecule has 2 aromatic heterocycles. The first-order valence-corrected chi connectivity index (χ1v) is 7.56. The molecule has 0 saturated heterocycles. The summed E-state index contributed by atoms with van der Waals surface area (Å²) in [5.41, 5.74) is 6.94. The van der Waals surface area contributed by atoms with Crippen LogP contribution in [0, 0.1) is 27.7 Å². The van der Waals surface area contributed by atoms with Crippen LogP contribution in [0.1, 0.15) is 61.2 Å². The minimum absolute atomic E-state index is 0.209. The highest BCUT2D eigenvalue weighted by atomic mass is 15.3. The molecule has 0 amide bonds. The summed E-state index contributed by atoms with van der Waals surface area (Å²) in [6.45, 7) is 14.9. The van der Waals surface area contributed by atoms with Crippen molar-refractivity contribution in [2.45, 2.75) is 60.5 Å². The van der Waals surface area contributed by atoms with Crippen LogP contribution >= 0.6 is 0 Å². The molecule has 0 aliphatic rings. The smallest absolute Gasteiger partial charge is 0.0828 e. The molecule has 0 spiro atoms. The molecule has 116 valence electrons. The summed E-state index contributed by atoms with van der Waals surface area (Å²) in [7, 11) is 1.99. The number of hydrogen-bond donors (Lipinski definition) is 1. The summed E-state index contributed by atoms with van der Waals surface area (Å²) in [6, 6.07) is 0.581. The Hall–Kier alpha value is -1.78. The van der Waals surface area contributed by atoms with Crippen LogP contribution in [0.15, 0.2) is 0 Å². The van der Waals surface area contributed by atoms with Crippen molar-refractivity contribution in [2.75, 3.05) is 5.32 Å². The normalized spacial score (nSPS) is 13.0. The van der Waals surface area contributed by atoms with Crippen molar-refractivity contribution >= 4 is 5.69 Å². The molecule has 2 rings (SSSR count). The second-order valence-electron chi connectivity index (χ2n) is 6.16. The molecule has 21 heavy (non-hydrogen) atoms. The first-order valence-electron chi connectivity index (χ1n) is 7.56. The SMILES string of the molecule is Cc1nn(C(C)C)c(C)c1NC(C)c1c(C)nn(C)c1C. The van der Waals surface area contributed by atoms with E-state index in [-0.39, 0.29) is 6.04 Å². The fourth-order valence-electron chi connectivity index (χ4n) is 3.08. The highest BCUT2D eigenvalue weighted by Crippen LogP contribution is 2.29. The minimum atomic E-state index is 0.209. The average molecular weight is 289 g/mol. The van der Waals surface area contributed by atoms with E-state index >= 15 is 0 Å². The van der Waals surface area contributed by atoms with Gasteiger partial charge in [0, 0.05) is 24.3 Å². The molecular weight excluding hydrogens is 262 g/mol. The van der Waals surface area contributed by atoms with Crippen LogP contribution in [0.3, 0.4) is 0 Å². The van der Waals surface area contributed by atoms with E-state index in [1.807, 2.05) is 11.7 Å². The van der Waals surface area contributed by atoms with Gasteiger partial charge in [0.1, 0.15) is 0 Å². The Morgan fingerprint density at radius 2 is 1.52 bits per heavy atom. The Kier molecular flexibility index (Phi) is 4.12. The Morgan fingerprint density at radius 3 is 1.95 bits per heavy atom. The van der Waals surface area contributed by atoms with E-state index in [2.05, 4.69) is 68.7 Å². The lowest BCUT2D eigenvalue weighted by atomic mass is 10.1. The second kappa shape index (κ2) is 5.54. The van der Waals surface area contributed by atoms with Crippen molar-refractivity contribution in [3.05, 3.63) is 28.3 Å². The summed E-state index contributed by atoms with van der Waals surface area (Å²) in [5.74, 6) is 0. The van der Waals surface area contributed by atoms with Gasteiger partial charge in [-0.1, -0.05) is 0 Å². The van der Waals surface area contributed by atoms with Gasteiger partial charge in [-0.2, -0.15) is 10.2 Å². The topological polar surface area (TPSA) is 47.7 Å². The van der Waals surface area contributed by atoms with Gasteiger partial charge >= 0.3 is 0 Å². The van der Waals surface area contributed by atoms with Gasteiger partial charge < -0.3 is 5.32 Å². The van der Waals surface area contributed by atoms with Gasteiger partial charge in [0.15, 0.2) is 0 Å². The van der Waals surface area contributed by atoms with Crippen LogP contribution < -0.4 is 5.32 Å². The zero-order valence-corrected chi connectivity index (χ0v) is 14.4. The predicted octanol–water partition coefficient (Wildman–Crippen LogP) is 3.60. The van der Waals surface area contributed by atoms with Crippen molar-refractivity contribution in [2.24, 2.45) is 7.05 Å². The van der Waals surface area contributed by atoms with Gasteiger partial charge in [0.2, 0.25) is 0 Å². The Labute approximate surface area is 127 Å². The minimum Gasteiger partial charge on any atom is -0.375 e. The van der Waals surface area contributed by atoms with E-state index in [1.165, 1.54) is 17.0 Å². The zero-order chi connectivity index (χ0) is 15.9. The number of aryl methyl sites for hydroxylation is 3. The van der Waals surface area contributed by atoms with Crippen molar-refractivity contribution < 1.29 is 0 Å². The van der Waals surface area contributed by atoms with Gasteiger partial charge in [0.05, 0.1) is 28.8 Å². The standard InChI is InChI=1S/C16H27N5/c1-9(2)21-14(7)16(12(5)19-21)17-10(3)15-11(4)18-20(8)13(15)6/h9-10,17H,1-8H3. The second-order valence-corrected chi connectivity index (χ2v) is 6.16. The number of hydrogen-bond acceptors (Lipinski definition) is 3. The average Bonchev–Trinajstić information content (AvgIpc) is 2.80. The first kappa shape index (κ1) is 15.6. The largest absolute Gasteiger partial charge is 0.375 e. The highest BCUT2D eigenvalue weighted by Gasteiger charge is 2.20. The summed E-state index contributed by atoms with van der Waals surface area (Å²) in [4.78, 5) is 0. The van der Waals surface area contributed by atoms with Crippen LogP contribution in [0.2, 0.25) is 0 Å². The number of rotatable bonds is 4. The fraction of sp³-hybridized carbons (Fsp3) is 0.625. The number of nitrogens with one attached hydrogen (secondary N) is 1. The van der Waals surface area contributed by atoms with Crippen molar-refractivity contribution in [3.8, 4) is 0 Å². The molecule has 2 aromatic rings. The van der Waals surface area contributed by atoms with Crippen LogP contribution in [-0.4, -0.2) is 19.6 Å². The zero-order valence-electron chi connectivity index (χ0n) is 14.4. The molecule has 0 fully saturated rings. The van der Waals surface area contributed by atoms with Crippen LogP contribution in [-0.2, 0) is 7.05 Å². The van der Waals surface area contributed by atoms with Gasteiger partial charge in [-0.05, 0) is 48.5 Å². The number of nitrogens with zero attached hydrogens (tertiary/aromatic N) is 4. The molecule has 0 aliphatic heterocycles. The monoisotopic (exact) mass is 289 g/mol. The summed E-state index contributed by atoms with van der Waals surface area (Å²) in [5, 5.41) is 12.8. The van der Waals surface area contributed by atoms with Gasteiger partial charge in [-0.25, -0.2) is 0 Å². The number of aromatic nitrogens is 4. The number of anilines is 1. The Bertz CT molecular complexity index is 648. The first-order chi connectivity index (χ1) is 9.73. The maximum absolute atomic E-state index is 4.64. The van der Waals surface area contributed by atoms with E-state index in [1.54, 1.807) is 0 Å². The molecule has 1 atom stereocenters. The molecule has 0 aliphatic carbocycles. The third kappa shape index (κ3) is 2.69. The summed E-state index contributed by atoms with van der Waals surface area (Å²) < 4.78 is 4.02. The molecule has 1 unspecified atom stereocenters. The van der Waals surface area contributed by atoms with Gasteiger partial charge in [0.25, 0.3) is 0 Å². The molecule has 0 bridgehead atoms. The molecule has 0 radical (unpaired) electrons. The lowest BCUT2D eigenvalue weighted by molar-refractivity contribution is 0.516. The van der Waals surface area contributed by atoms with Crippen LogP contribution in [0.4, 0.5) is 5.69 Å². The molecular formula is C16H27N5. The summed E-state index contributed by atoms with van der Waals surface area (Å²) >= 11 is 0. The van der Waals surface area contributed by atoms with E-state index in [4.69, 9.17) is 0 Å². The quantitative estimate of drug-likeness (QED) is 0.935. The predicted molar refractivity (Wildman–Crippen MR) is 86.8 cm³/mol. The van der Waals surface area contributed by atoms with Crippen LogP contribution in [0.25, 0.3) is 0 Å². The lowest BCUT2D eigenvalue weighted by Crippen LogP contribution is -2.11. The molecule has 5 heteroatoms. The van der Waals surface area contributed by atoms with E-state index in [9.17, 15) is 0 Å². The van der Waals surface area contributed by atoms with Gasteiger partial charge in [-0.3, -0.25) is 9.36 Å². The summed E-state index contributed by atoms with van der Waals surface area (Å²) in [6.07, 6.45) is 0. The van der Waals surface area contributed by atoms with E-state index in [0.29, 0.717) is 6.04 Å². The van der Waals surface area contributed by atoms with Crippen molar-refractivity contribution in [1.29, 1.82) is 0 Å². The van der Waals surface area contributed by atoms with Crippen molar-refractivity contribution in [3.63, 3.8) is 0 Å². The molecule has 2 heterocycles. The van der Waals surface area contributed by atoms with Gasteiger partial charge in [-0.15, -0.1) is 0 Å². The molecule has 0 saturated carbocycles. The maximum atomic E-state index is 4.64. The molecule has 5 nitrogen and oxygen atoms in total.